The summed E-state index contributed by atoms with van der Waals surface area (Å²) in [6, 6.07) is 0.283. The minimum absolute atomic E-state index is 0.0532. The molecule has 0 heterocycles. The zero-order valence-electron chi connectivity index (χ0n) is 8.33. The first-order valence-corrected chi connectivity index (χ1v) is 4.34. The Morgan fingerprint density at radius 1 is 1.50 bits per heavy atom. The third-order valence-corrected chi connectivity index (χ3v) is 1.83. The van der Waals surface area contributed by atoms with Crippen LogP contribution in [0.4, 0.5) is 0 Å². The molecule has 0 aromatic carbocycles. The smallest absolute Gasteiger partial charge is 0.0457 e. The molecule has 0 aliphatic heterocycles. The highest BCUT2D eigenvalue weighted by molar-refractivity contribution is 5.04. The zero-order valence-corrected chi connectivity index (χ0v) is 8.33. The molecule has 12 heavy (non-hydrogen) atoms. The van der Waals surface area contributed by atoms with Gasteiger partial charge in [0.05, 0.1) is 0 Å². The van der Waals surface area contributed by atoms with E-state index in [0.29, 0.717) is 0 Å². The van der Waals surface area contributed by atoms with E-state index in [0.717, 1.165) is 6.42 Å². The van der Waals surface area contributed by atoms with Crippen LogP contribution >= 0.6 is 0 Å². The largest absolute Gasteiger partial charge is 0.323 e. The van der Waals surface area contributed by atoms with Gasteiger partial charge < -0.3 is 10.6 Å². The molecule has 0 saturated heterocycles. The molecule has 2 atom stereocenters. The predicted molar refractivity (Wildman–Crippen MR) is 55.1 cm³/mol. The highest BCUT2D eigenvalue weighted by Crippen LogP contribution is 2.01. The normalized spacial score (nSPS) is 16.8. The molecule has 2 unspecified atom stereocenters. The molecule has 2 N–H and O–H groups in total. The summed E-state index contributed by atoms with van der Waals surface area (Å²) in [5.74, 6) is 0. The van der Waals surface area contributed by atoms with E-state index in [1.165, 1.54) is 0 Å². The molecule has 0 bridgehead atoms. The number of likely N-dealkylation sites (N-methyl/N-ethyl adjacent to an activating group) is 1. The third-order valence-electron chi connectivity index (χ3n) is 1.83. The summed E-state index contributed by atoms with van der Waals surface area (Å²) < 4.78 is 0. The van der Waals surface area contributed by atoms with Crippen molar-refractivity contribution < 1.29 is 0 Å². The molecular weight excluding hydrogens is 148 g/mol. The highest BCUT2D eigenvalue weighted by Gasteiger charge is 2.12. The summed E-state index contributed by atoms with van der Waals surface area (Å²) in [6.45, 7) is 5.85. The van der Waals surface area contributed by atoms with Crippen molar-refractivity contribution in [1.82, 2.24) is 4.90 Å². The van der Waals surface area contributed by atoms with Crippen LogP contribution in [0, 0.1) is 0 Å². The van der Waals surface area contributed by atoms with E-state index in [1.807, 2.05) is 26.2 Å². The molecule has 0 aromatic heterocycles. The summed E-state index contributed by atoms with van der Waals surface area (Å²) in [4.78, 5) is 2.07. The fourth-order valence-corrected chi connectivity index (χ4v) is 1.12. The van der Waals surface area contributed by atoms with Gasteiger partial charge in [0.25, 0.3) is 0 Å². The van der Waals surface area contributed by atoms with Crippen molar-refractivity contribution in [1.29, 1.82) is 0 Å². The Labute approximate surface area is 75.7 Å². The van der Waals surface area contributed by atoms with E-state index in [9.17, 15) is 0 Å². The lowest BCUT2D eigenvalue weighted by molar-refractivity contribution is 0.323. The van der Waals surface area contributed by atoms with Crippen LogP contribution in [0.2, 0.25) is 0 Å². The molecule has 2 nitrogen and oxygen atoms in total. The first-order chi connectivity index (χ1) is 5.63. The van der Waals surface area contributed by atoms with Crippen LogP contribution in [0.15, 0.2) is 24.8 Å². The van der Waals surface area contributed by atoms with Gasteiger partial charge in [-0.3, -0.25) is 0 Å². The van der Waals surface area contributed by atoms with E-state index in [1.54, 1.807) is 0 Å². The average Bonchev–Trinajstić information content (AvgIpc) is 2.01. The Kier molecular flexibility index (Phi) is 5.68. The lowest BCUT2D eigenvalue weighted by Crippen LogP contribution is -2.41. The molecule has 0 rings (SSSR count). The van der Waals surface area contributed by atoms with Gasteiger partial charge in [-0.25, -0.2) is 0 Å². The SMILES string of the molecule is C=CC(C(N)/C=C\CC)N(C)C. The van der Waals surface area contributed by atoms with E-state index in [2.05, 4.69) is 24.5 Å². The second kappa shape index (κ2) is 5.98. The van der Waals surface area contributed by atoms with Crippen LogP contribution in [-0.4, -0.2) is 31.1 Å². The quantitative estimate of drug-likeness (QED) is 0.629. The van der Waals surface area contributed by atoms with Gasteiger partial charge in [-0.1, -0.05) is 25.2 Å². The standard InChI is InChI=1S/C10H20N2/c1-5-7-8-9(11)10(6-2)12(3)4/h6-10H,2,5,11H2,1,3-4H3/b8-7-. The summed E-state index contributed by atoms with van der Waals surface area (Å²) in [6.07, 6.45) is 7.03. The number of allylic oxidation sites excluding steroid dienone is 1. The van der Waals surface area contributed by atoms with Gasteiger partial charge in [-0.05, 0) is 20.5 Å². The van der Waals surface area contributed by atoms with Gasteiger partial charge in [0.1, 0.15) is 0 Å². The van der Waals surface area contributed by atoms with E-state index in [-0.39, 0.29) is 12.1 Å². The summed E-state index contributed by atoms with van der Waals surface area (Å²) in [5, 5.41) is 0. The molecule has 2 heteroatoms. The Morgan fingerprint density at radius 3 is 2.42 bits per heavy atom. The number of hydrogen-bond donors (Lipinski definition) is 1. The first kappa shape index (κ1) is 11.4. The van der Waals surface area contributed by atoms with Crippen molar-refractivity contribution in [3.63, 3.8) is 0 Å². The number of nitrogens with zero attached hydrogens (tertiary/aromatic N) is 1. The average molecular weight is 168 g/mol. The lowest BCUT2D eigenvalue weighted by atomic mass is 10.1. The van der Waals surface area contributed by atoms with Crippen LogP contribution in [0.3, 0.4) is 0 Å². The van der Waals surface area contributed by atoms with Gasteiger partial charge in [-0.15, -0.1) is 6.58 Å². The van der Waals surface area contributed by atoms with Gasteiger partial charge in [0, 0.05) is 12.1 Å². The van der Waals surface area contributed by atoms with Crippen LogP contribution in [-0.2, 0) is 0 Å². The second-order valence-electron chi connectivity index (χ2n) is 3.10. The van der Waals surface area contributed by atoms with Crippen molar-refractivity contribution in [3.05, 3.63) is 24.8 Å². The molecule has 0 radical (unpaired) electrons. The zero-order chi connectivity index (χ0) is 9.56. The molecule has 0 amide bonds. The van der Waals surface area contributed by atoms with Crippen molar-refractivity contribution >= 4 is 0 Å². The van der Waals surface area contributed by atoms with Crippen LogP contribution in [0.1, 0.15) is 13.3 Å². The number of nitrogens with two attached hydrogens (primary N) is 1. The Morgan fingerprint density at radius 2 is 2.08 bits per heavy atom. The van der Waals surface area contributed by atoms with Crippen LogP contribution in [0.25, 0.3) is 0 Å². The fraction of sp³-hybridized carbons (Fsp3) is 0.600. The summed E-state index contributed by atoms with van der Waals surface area (Å²) in [5.41, 5.74) is 5.92. The highest BCUT2D eigenvalue weighted by atomic mass is 15.1. The minimum atomic E-state index is 0.0532. The molecular formula is C10H20N2. The first-order valence-electron chi connectivity index (χ1n) is 4.34. The Balaban J connectivity index is 4.11. The van der Waals surface area contributed by atoms with Crippen molar-refractivity contribution in [2.24, 2.45) is 5.73 Å². The van der Waals surface area contributed by atoms with Crippen LogP contribution in [0.5, 0.6) is 0 Å². The van der Waals surface area contributed by atoms with Gasteiger partial charge in [-0.2, -0.15) is 0 Å². The number of hydrogen-bond acceptors (Lipinski definition) is 2. The van der Waals surface area contributed by atoms with Gasteiger partial charge in [0.15, 0.2) is 0 Å². The summed E-state index contributed by atoms with van der Waals surface area (Å²) in [7, 11) is 4.01. The van der Waals surface area contributed by atoms with E-state index >= 15 is 0 Å². The maximum atomic E-state index is 5.92. The Bertz CT molecular complexity index is 150. The number of rotatable bonds is 5. The van der Waals surface area contributed by atoms with Crippen molar-refractivity contribution in [3.8, 4) is 0 Å². The predicted octanol–water partition coefficient (Wildman–Crippen LogP) is 1.40. The third kappa shape index (κ3) is 3.69. The van der Waals surface area contributed by atoms with Crippen molar-refractivity contribution in [2.45, 2.75) is 25.4 Å². The van der Waals surface area contributed by atoms with Crippen LogP contribution < -0.4 is 5.73 Å². The van der Waals surface area contributed by atoms with Gasteiger partial charge in [0.2, 0.25) is 0 Å². The lowest BCUT2D eigenvalue weighted by Gasteiger charge is -2.24. The topological polar surface area (TPSA) is 29.3 Å². The molecule has 70 valence electrons. The monoisotopic (exact) mass is 168 g/mol. The van der Waals surface area contributed by atoms with Crippen molar-refractivity contribution in [2.75, 3.05) is 14.1 Å². The molecule has 0 fully saturated rings. The van der Waals surface area contributed by atoms with E-state index in [4.69, 9.17) is 5.73 Å². The molecule has 0 saturated carbocycles. The Hall–Kier alpha value is -0.600. The van der Waals surface area contributed by atoms with E-state index < -0.39 is 0 Å². The molecule has 0 aliphatic carbocycles. The maximum absolute atomic E-state index is 5.92. The fourth-order valence-electron chi connectivity index (χ4n) is 1.12. The molecule has 0 aliphatic rings. The summed E-state index contributed by atoms with van der Waals surface area (Å²) >= 11 is 0. The molecule has 0 aromatic rings. The van der Waals surface area contributed by atoms with Gasteiger partial charge >= 0.3 is 0 Å². The second-order valence-corrected chi connectivity index (χ2v) is 3.10. The minimum Gasteiger partial charge on any atom is -0.323 e. The maximum Gasteiger partial charge on any atom is 0.0457 e. The molecule has 0 spiro atoms.